The topological polar surface area (TPSA) is 98.7 Å². The van der Waals surface area contributed by atoms with Gasteiger partial charge >= 0.3 is 0 Å². The molecule has 114 valence electrons. The first-order chi connectivity index (χ1) is 10.7. The average molecular weight is 336 g/mol. The largest absolute Gasteiger partial charge is 0.360 e. The van der Waals surface area contributed by atoms with Crippen molar-refractivity contribution in [3.05, 3.63) is 34.2 Å². The molecule has 1 N–H and O–H groups in total. The Morgan fingerprint density at radius 2 is 2.45 bits per heavy atom. The highest BCUT2D eigenvalue weighted by atomic mass is 32.2. The Morgan fingerprint density at radius 3 is 3.18 bits per heavy atom. The molecule has 0 aliphatic carbocycles. The summed E-state index contributed by atoms with van der Waals surface area (Å²) in [5, 5.41) is 20.5. The summed E-state index contributed by atoms with van der Waals surface area (Å²) in [4.78, 5) is 13.0. The van der Waals surface area contributed by atoms with Gasteiger partial charge in [0.1, 0.15) is 5.76 Å². The smallest absolute Gasteiger partial charge is 0.236 e. The van der Waals surface area contributed by atoms with Crippen molar-refractivity contribution < 1.29 is 9.32 Å². The standard InChI is InChI=1S/C12H12N6O2S2/c1-8-5-10(15-20-8)13-11(19)7-22-12-14-16-17-18(12)6-9-3-2-4-21-9/h2-5H,6-7H2,1H3,(H,13,15,19). The Labute approximate surface area is 133 Å². The van der Waals surface area contributed by atoms with Gasteiger partial charge in [0.25, 0.3) is 0 Å². The van der Waals surface area contributed by atoms with Crippen LogP contribution in [-0.2, 0) is 11.3 Å². The molecule has 0 unspecified atom stereocenters. The molecule has 3 rings (SSSR count). The van der Waals surface area contributed by atoms with Crippen LogP contribution in [-0.4, -0.2) is 37.0 Å². The predicted octanol–water partition coefficient (Wildman–Crippen LogP) is 1.81. The molecule has 0 saturated carbocycles. The Balaban J connectivity index is 1.55. The number of thiophene rings is 1. The van der Waals surface area contributed by atoms with Gasteiger partial charge in [-0.05, 0) is 28.8 Å². The van der Waals surface area contributed by atoms with Crippen molar-refractivity contribution in [3.63, 3.8) is 0 Å². The maximum atomic E-state index is 11.9. The highest BCUT2D eigenvalue weighted by Gasteiger charge is 2.12. The molecular formula is C12H12N6O2S2. The summed E-state index contributed by atoms with van der Waals surface area (Å²) in [7, 11) is 0. The summed E-state index contributed by atoms with van der Waals surface area (Å²) < 4.78 is 6.56. The van der Waals surface area contributed by atoms with E-state index >= 15 is 0 Å². The van der Waals surface area contributed by atoms with Crippen LogP contribution in [0.2, 0.25) is 0 Å². The van der Waals surface area contributed by atoms with Gasteiger partial charge < -0.3 is 9.84 Å². The fourth-order valence-corrected chi connectivity index (χ4v) is 3.05. The first-order valence-corrected chi connectivity index (χ1v) is 8.22. The number of tetrazole rings is 1. The van der Waals surface area contributed by atoms with Gasteiger partial charge in [-0.15, -0.1) is 16.4 Å². The van der Waals surface area contributed by atoms with Crippen molar-refractivity contribution in [2.45, 2.75) is 18.6 Å². The van der Waals surface area contributed by atoms with Crippen LogP contribution in [0.3, 0.4) is 0 Å². The number of amides is 1. The number of aryl methyl sites for hydroxylation is 1. The molecule has 8 nitrogen and oxygen atoms in total. The maximum Gasteiger partial charge on any atom is 0.236 e. The summed E-state index contributed by atoms with van der Waals surface area (Å²) in [6, 6.07) is 5.65. The number of aromatic nitrogens is 5. The minimum atomic E-state index is -0.191. The SMILES string of the molecule is Cc1cc(NC(=O)CSc2nnnn2Cc2cccs2)no1. The van der Waals surface area contributed by atoms with Gasteiger partial charge in [-0.3, -0.25) is 4.79 Å². The molecule has 0 saturated heterocycles. The van der Waals surface area contributed by atoms with Crippen molar-refractivity contribution in [2.75, 3.05) is 11.1 Å². The van der Waals surface area contributed by atoms with Crippen molar-refractivity contribution >= 4 is 34.8 Å². The fraction of sp³-hybridized carbons (Fsp3) is 0.250. The van der Waals surface area contributed by atoms with Gasteiger partial charge in [0.2, 0.25) is 11.1 Å². The van der Waals surface area contributed by atoms with Crippen LogP contribution in [0.4, 0.5) is 5.82 Å². The van der Waals surface area contributed by atoms with Crippen LogP contribution in [0.15, 0.2) is 33.3 Å². The number of carbonyl (C=O) groups is 1. The molecule has 0 bridgehead atoms. The summed E-state index contributed by atoms with van der Waals surface area (Å²) in [5.41, 5.74) is 0. The third-order valence-corrected chi connectivity index (χ3v) is 4.43. The first kappa shape index (κ1) is 14.7. The van der Waals surface area contributed by atoms with Gasteiger partial charge in [-0.1, -0.05) is 23.0 Å². The van der Waals surface area contributed by atoms with E-state index in [4.69, 9.17) is 4.52 Å². The lowest BCUT2D eigenvalue weighted by molar-refractivity contribution is -0.113. The van der Waals surface area contributed by atoms with Crippen molar-refractivity contribution in [1.29, 1.82) is 0 Å². The molecule has 3 aromatic rings. The number of rotatable bonds is 6. The average Bonchev–Trinajstić information content (AvgIpc) is 3.21. The van der Waals surface area contributed by atoms with E-state index in [1.54, 1.807) is 29.0 Å². The summed E-state index contributed by atoms with van der Waals surface area (Å²) in [5.74, 6) is 1.05. The van der Waals surface area contributed by atoms with E-state index in [0.29, 0.717) is 23.3 Å². The zero-order valence-electron chi connectivity index (χ0n) is 11.6. The van der Waals surface area contributed by atoms with Crippen molar-refractivity contribution in [3.8, 4) is 0 Å². The summed E-state index contributed by atoms with van der Waals surface area (Å²) >= 11 is 2.91. The van der Waals surface area contributed by atoms with E-state index in [1.165, 1.54) is 11.8 Å². The monoisotopic (exact) mass is 336 g/mol. The Kier molecular flexibility index (Phi) is 4.49. The number of thioether (sulfide) groups is 1. The number of anilines is 1. The van der Waals surface area contributed by atoms with Crippen LogP contribution < -0.4 is 5.32 Å². The number of nitrogens with zero attached hydrogens (tertiary/aromatic N) is 5. The second kappa shape index (κ2) is 6.71. The van der Waals surface area contributed by atoms with Crippen molar-refractivity contribution in [2.24, 2.45) is 0 Å². The third-order valence-electron chi connectivity index (χ3n) is 2.61. The third kappa shape index (κ3) is 3.71. The van der Waals surface area contributed by atoms with Gasteiger partial charge in [0.15, 0.2) is 5.82 Å². The van der Waals surface area contributed by atoms with Crippen LogP contribution in [0.1, 0.15) is 10.6 Å². The van der Waals surface area contributed by atoms with E-state index in [2.05, 4.69) is 26.0 Å². The van der Waals surface area contributed by atoms with Crippen LogP contribution >= 0.6 is 23.1 Å². The minimum Gasteiger partial charge on any atom is -0.360 e. The van der Waals surface area contributed by atoms with Gasteiger partial charge in [-0.2, -0.15) is 0 Å². The van der Waals surface area contributed by atoms with Crippen LogP contribution in [0, 0.1) is 6.92 Å². The molecule has 0 spiro atoms. The number of nitrogens with one attached hydrogen (secondary N) is 1. The first-order valence-electron chi connectivity index (χ1n) is 6.35. The summed E-state index contributed by atoms with van der Waals surface area (Å²) in [6.07, 6.45) is 0. The van der Waals surface area contributed by atoms with E-state index in [1.807, 2.05) is 17.5 Å². The number of carbonyl (C=O) groups excluding carboxylic acids is 1. The zero-order chi connectivity index (χ0) is 15.4. The summed E-state index contributed by atoms with van der Waals surface area (Å²) in [6.45, 7) is 2.35. The molecule has 0 fully saturated rings. The molecule has 0 aliphatic heterocycles. The molecule has 0 radical (unpaired) electrons. The normalized spacial score (nSPS) is 10.8. The molecule has 0 atom stereocenters. The molecule has 3 heterocycles. The van der Waals surface area contributed by atoms with Crippen molar-refractivity contribution in [1.82, 2.24) is 25.4 Å². The Hall–Kier alpha value is -2.20. The Bertz CT molecular complexity index is 751. The van der Waals surface area contributed by atoms with Gasteiger partial charge in [0.05, 0.1) is 12.3 Å². The molecule has 22 heavy (non-hydrogen) atoms. The highest BCUT2D eigenvalue weighted by Crippen LogP contribution is 2.17. The quantitative estimate of drug-likeness (QED) is 0.685. The van der Waals surface area contributed by atoms with Crippen LogP contribution in [0.25, 0.3) is 0 Å². The van der Waals surface area contributed by atoms with Gasteiger partial charge in [-0.25, -0.2) is 4.68 Å². The second-order valence-corrected chi connectivity index (χ2v) is 6.33. The zero-order valence-corrected chi connectivity index (χ0v) is 13.2. The van der Waals surface area contributed by atoms with E-state index < -0.39 is 0 Å². The molecule has 0 aliphatic rings. The van der Waals surface area contributed by atoms with E-state index in [0.717, 1.165) is 4.88 Å². The lowest BCUT2D eigenvalue weighted by Crippen LogP contribution is -2.15. The fourth-order valence-electron chi connectivity index (χ4n) is 1.68. The molecule has 3 aromatic heterocycles. The minimum absolute atomic E-state index is 0.191. The van der Waals surface area contributed by atoms with E-state index in [9.17, 15) is 4.79 Å². The lowest BCUT2D eigenvalue weighted by atomic mass is 10.5. The number of hydrogen-bond acceptors (Lipinski definition) is 8. The maximum absolute atomic E-state index is 11.9. The molecule has 1 amide bonds. The molecule has 10 heteroatoms. The number of hydrogen-bond donors (Lipinski definition) is 1. The van der Waals surface area contributed by atoms with E-state index in [-0.39, 0.29) is 11.7 Å². The molecule has 0 aromatic carbocycles. The predicted molar refractivity (Wildman–Crippen MR) is 81.8 cm³/mol. The lowest BCUT2D eigenvalue weighted by Gasteiger charge is -2.03. The molecular weight excluding hydrogens is 324 g/mol. The van der Waals surface area contributed by atoms with Crippen LogP contribution in [0.5, 0.6) is 0 Å². The van der Waals surface area contributed by atoms with Gasteiger partial charge in [0, 0.05) is 10.9 Å². The Morgan fingerprint density at radius 1 is 1.55 bits per heavy atom. The second-order valence-electron chi connectivity index (χ2n) is 4.36. The highest BCUT2D eigenvalue weighted by molar-refractivity contribution is 7.99.